The summed E-state index contributed by atoms with van der Waals surface area (Å²) in [6.07, 6.45) is 3.10. The van der Waals surface area contributed by atoms with Crippen LogP contribution in [0.1, 0.15) is 0 Å². The van der Waals surface area contributed by atoms with Gasteiger partial charge in [0.1, 0.15) is 5.82 Å². The van der Waals surface area contributed by atoms with Crippen LogP contribution in [0.5, 0.6) is 0 Å². The van der Waals surface area contributed by atoms with Gasteiger partial charge in [0, 0.05) is 45.1 Å². The Morgan fingerprint density at radius 2 is 1.73 bits per heavy atom. The summed E-state index contributed by atoms with van der Waals surface area (Å²) in [5, 5.41) is 3.07. The highest BCUT2D eigenvalue weighted by molar-refractivity contribution is 7.91. The molecule has 1 aliphatic heterocycles. The number of hydrogen-bond donors (Lipinski definition) is 1. The van der Waals surface area contributed by atoms with Crippen molar-refractivity contribution in [2.45, 2.75) is 4.90 Å². The molecule has 11 heteroatoms. The zero-order chi connectivity index (χ0) is 21.1. The van der Waals surface area contributed by atoms with Crippen LogP contribution < -0.4 is 10.2 Å². The molecule has 1 saturated heterocycles. The van der Waals surface area contributed by atoms with Crippen molar-refractivity contribution in [3.8, 4) is 0 Å². The molecule has 0 unspecified atom stereocenters. The molecule has 9 nitrogen and oxygen atoms in total. The lowest BCUT2D eigenvalue weighted by molar-refractivity contribution is 0.311. The minimum Gasteiger partial charge on any atom is -0.367 e. The maximum Gasteiger partial charge on any atom is 0.229 e. The van der Waals surface area contributed by atoms with Crippen molar-refractivity contribution >= 4 is 32.8 Å². The largest absolute Gasteiger partial charge is 0.367 e. The minimum absolute atomic E-state index is 0.0798. The second-order valence-electron chi connectivity index (χ2n) is 7.09. The van der Waals surface area contributed by atoms with Gasteiger partial charge in [-0.25, -0.2) is 22.8 Å². The van der Waals surface area contributed by atoms with Crippen molar-refractivity contribution in [1.29, 1.82) is 0 Å². The molecule has 2 aromatic heterocycles. The summed E-state index contributed by atoms with van der Waals surface area (Å²) < 4.78 is 38.1. The molecular weight excluding hydrogens is 409 g/mol. The van der Waals surface area contributed by atoms with Crippen LogP contribution in [0.3, 0.4) is 0 Å². The van der Waals surface area contributed by atoms with Gasteiger partial charge in [-0.2, -0.15) is 9.97 Å². The van der Waals surface area contributed by atoms with Crippen molar-refractivity contribution in [2.24, 2.45) is 0 Å². The fourth-order valence-corrected chi connectivity index (χ4v) is 4.34. The first-order valence-corrected chi connectivity index (χ1v) is 11.2. The molecule has 0 spiro atoms. The zero-order valence-corrected chi connectivity index (χ0v) is 17.3. The molecule has 4 rings (SSSR count). The smallest absolute Gasteiger partial charge is 0.229 e. The Morgan fingerprint density at radius 3 is 2.47 bits per heavy atom. The summed E-state index contributed by atoms with van der Waals surface area (Å²) in [7, 11) is -1.49. The standard InChI is InChI=1S/C19H22FN7O2S/c1-26-9-11-27(12-10-26)19-24-17-16(21-6-7-22-17)18(25-19)23-8-13-30(28,29)15-4-2-14(20)3-5-15/h2-7H,8-13H2,1H3,(H,22,23,24,25). The Morgan fingerprint density at radius 1 is 1.03 bits per heavy atom. The van der Waals surface area contributed by atoms with Gasteiger partial charge in [0.05, 0.1) is 10.6 Å². The summed E-state index contributed by atoms with van der Waals surface area (Å²) in [4.78, 5) is 22.1. The predicted octanol–water partition coefficient (Wildman–Crippen LogP) is 1.20. The lowest BCUT2D eigenvalue weighted by Crippen LogP contribution is -2.45. The summed E-state index contributed by atoms with van der Waals surface area (Å²) in [6, 6.07) is 4.80. The zero-order valence-electron chi connectivity index (χ0n) is 16.5. The quantitative estimate of drug-likeness (QED) is 0.577. The van der Waals surface area contributed by atoms with E-state index in [4.69, 9.17) is 0 Å². The number of benzene rings is 1. The van der Waals surface area contributed by atoms with Crippen molar-refractivity contribution in [3.63, 3.8) is 0 Å². The van der Waals surface area contributed by atoms with Crippen molar-refractivity contribution < 1.29 is 12.8 Å². The molecule has 0 atom stereocenters. The fraction of sp³-hybridized carbons (Fsp3) is 0.368. The average molecular weight is 431 g/mol. The van der Waals surface area contributed by atoms with Crippen molar-refractivity contribution in [2.75, 3.05) is 55.7 Å². The van der Waals surface area contributed by atoms with E-state index in [1.165, 1.54) is 12.1 Å². The van der Waals surface area contributed by atoms with E-state index in [1.807, 2.05) is 0 Å². The number of halogens is 1. The second kappa shape index (κ2) is 8.44. The Kier molecular flexibility index (Phi) is 5.73. The van der Waals surface area contributed by atoms with Gasteiger partial charge in [0.2, 0.25) is 5.95 Å². The van der Waals surface area contributed by atoms with E-state index in [0.29, 0.717) is 22.9 Å². The number of hydrogen-bond acceptors (Lipinski definition) is 9. The fourth-order valence-electron chi connectivity index (χ4n) is 3.19. The number of sulfone groups is 1. The number of piperazine rings is 1. The van der Waals surface area contributed by atoms with Gasteiger partial charge in [-0.05, 0) is 31.3 Å². The molecule has 1 aliphatic rings. The van der Waals surface area contributed by atoms with E-state index < -0.39 is 15.7 Å². The van der Waals surface area contributed by atoms with E-state index in [2.05, 4.69) is 42.1 Å². The first-order chi connectivity index (χ1) is 14.4. The normalized spacial score (nSPS) is 15.5. The summed E-state index contributed by atoms with van der Waals surface area (Å²) in [5.41, 5.74) is 0.930. The number of anilines is 2. The molecule has 3 aromatic rings. The van der Waals surface area contributed by atoms with Crippen LogP contribution in [0.25, 0.3) is 11.2 Å². The maximum atomic E-state index is 13.1. The highest BCUT2D eigenvalue weighted by Gasteiger charge is 2.20. The first kappa shape index (κ1) is 20.4. The second-order valence-corrected chi connectivity index (χ2v) is 9.20. The number of rotatable bonds is 6. The Bertz CT molecular complexity index is 1130. The van der Waals surface area contributed by atoms with E-state index in [-0.39, 0.29) is 17.2 Å². The van der Waals surface area contributed by atoms with Crippen LogP contribution in [0, 0.1) is 5.82 Å². The molecule has 0 saturated carbocycles. The van der Waals surface area contributed by atoms with E-state index in [0.717, 1.165) is 38.3 Å². The Hall–Kier alpha value is -2.92. The van der Waals surface area contributed by atoms with Gasteiger partial charge in [-0.3, -0.25) is 0 Å². The molecule has 158 valence electrons. The molecule has 0 radical (unpaired) electrons. The lowest BCUT2D eigenvalue weighted by atomic mass is 10.3. The molecule has 1 N–H and O–H groups in total. The van der Waals surface area contributed by atoms with Crippen LogP contribution in [-0.4, -0.2) is 78.8 Å². The third-order valence-electron chi connectivity index (χ3n) is 4.94. The molecule has 30 heavy (non-hydrogen) atoms. The highest BCUT2D eigenvalue weighted by atomic mass is 32.2. The van der Waals surface area contributed by atoms with E-state index in [1.54, 1.807) is 12.4 Å². The number of nitrogens with one attached hydrogen (secondary N) is 1. The summed E-state index contributed by atoms with van der Waals surface area (Å²) in [6.45, 7) is 3.51. The summed E-state index contributed by atoms with van der Waals surface area (Å²) in [5.74, 6) is 0.333. The van der Waals surface area contributed by atoms with Crippen LogP contribution >= 0.6 is 0 Å². The first-order valence-electron chi connectivity index (χ1n) is 9.57. The van der Waals surface area contributed by atoms with Gasteiger partial charge in [-0.1, -0.05) is 0 Å². The van der Waals surface area contributed by atoms with Gasteiger partial charge < -0.3 is 15.1 Å². The Balaban J connectivity index is 1.53. The van der Waals surface area contributed by atoms with E-state index >= 15 is 0 Å². The van der Waals surface area contributed by atoms with Crippen LogP contribution in [-0.2, 0) is 9.84 Å². The summed E-state index contributed by atoms with van der Waals surface area (Å²) >= 11 is 0. The van der Waals surface area contributed by atoms with Crippen molar-refractivity contribution in [1.82, 2.24) is 24.8 Å². The van der Waals surface area contributed by atoms with Crippen LogP contribution in [0.4, 0.5) is 16.2 Å². The van der Waals surface area contributed by atoms with Gasteiger partial charge >= 0.3 is 0 Å². The van der Waals surface area contributed by atoms with Gasteiger partial charge in [0.25, 0.3) is 0 Å². The lowest BCUT2D eigenvalue weighted by Gasteiger charge is -2.32. The van der Waals surface area contributed by atoms with E-state index in [9.17, 15) is 12.8 Å². The van der Waals surface area contributed by atoms with Gasteiger partial charge in [0.15, 0.2) is 26.8 Å². The molecular formula is C19H22FN7O2S. The molecule has 0 amide bonds. The Labute approximate surface area is 173 Å². The highest BCUT2D eigenvalue weighted by Crippen LogP contribution is 2.21. The van der Waals surface area contributed by atoms with Crippen LogP contribution in [0.2, 0.25) is 0 Å². The number of fused-ring (bicyclic) bond motifs is 1. The number of nitrogens with zero attached hydrogens (tertiary/aromatic N) is 6. The third kappa shape index (κ3) is 4.46. The molecule has 1 fully saturated rings. The van der Waals surface area contributed by atoms with Gasteiger partial charge in [-0.15, -0.1) is 0 Å². The monoisotopic (exact) mass is 431 g/mol. The topological polar surface area (TPSA) is 104 Å². The average Bonchev–Trinajstić information content (AvgIpc) is 2.74. The molecule has 1 aromatic carbocycles. The molecule has 0 aliphatic carbocycles. The molecule has 0 bridgehead atoms. The SMILES string of the molecule is CN1CCN(c2nc(NCCS(=O)(=O)c3ccc(F)cc3)c3nccnc3n2)CC1. The minimum atomic E-state index is -3.56. The third-order valence-corrected chi connectivity index (χ3v) is 6.68. The predicted molar refractivity (Wildman–Crippen MR) is 112 cm³/mol. The number of likely N-dealkylation sites (N-methyl/N-ethyl adjacent to an activating group) is 1. The van der Waals surface area contributed by atoms with Crippen molar-refractivity contribution in [3.05, 3.63) is 42.5 Å². The van der Waals surface area contributed by atoms with Crippen LogP contribution in [0.15, 0.2) is 41.6 Å². The number of aromatic nitrogens is 4. The maximum absolute atomic E-state index is 13.1. The molecule has 3 heterocycles.